The van der Waals surface area contributed by atoms with Crippen molar-refractivity contribution in [2.24, 2.45) is 0 Å². The van der Waals surface area contributed by atoms with Crippen LogP contribution in [0.3, 0.4) is 0 Å². The predicted molar refractivity (Wildman–Crippen MR) is 62.6 cm³/mol. The first kappa shape index (κ1) is 13.7. The van der Waals surface area contributed by atoms with Gasteiger partial charge in [-0.3, -0.25) is 4.79 Å². The van der Waals surface area contributed by atoms with Crippen LogP contribution in [-0.2, 0) is 9.53 Å². The number of hydrogen-bond donors (Lipinski definition) is 0. The molecule has 0 N–H and O–H groups in total. The molecule has 0 aliphatic carbocycles. The van der Waals surface area contributed by atoms with Crippen LogP contribution in [0.15, 0.2) is 12.2 Å². The first-order chi connectivity index (χ1) is 6.54. The smallest absolute Gasteiger partial charge is 0.319 e. The summed E-state index contributed by atoms with van der Waals surface area (Å²) in [5.41, 5.74) is 1.22. The van der Waals surface area contributed by atoms with E-state index in [4.69, 9.17) is 4.74 Å². The third-order valence-corrected chi connectivity index (χ3v) is 2.19. The maximum atomic E-state index is 11.0. The Morgan fingerprint density at radius 1 is 1.43 bits per heavy atom. The minimum atomic E-state index is -0.196. The number of alkyl halides is 1. The topological polar surface area (TPSA) is 26.3 Å². The molecule has 82 valence electrons. The number of allylic oxidation sites excluding steroid dienone is 1. The number of esters is 1. The molecule has 1 unspecified atom stereocenters. The molecule has 0 aromatic rings. The van der Waals surface area contributed by atoms with Crippen LogP contribution in [0.4, 0.5) is 0 Å². The zero-order chi connectivity index (χ0) is 11.0. The zero-order valence-corrected chi connectivity index (χ0v) is 10.6. The largest absolute Gasteiger partial charge is 0.465 e. The Morgan fingerprint density at radius 2 is 2.07 bits per heavy atom. The van der Waals surface area contributed by atoms with E-state index < -0.39 is 0 Å². The maximum Gasteiger partial charge on any atom is 0.319 e. The second kappa shape index (κ2) is 8.04. The fraction of sp³-hybridized carbons (Fsp3) is 0.727. The van der Waals surface area contributed by atoms with E-state index in [1.54, 1.807) is 6.92 Å². The summed E-state index contributed by atoms with van der Waals surface area (Å²) in [6, 6.07) is 0. The number of ether oxygens (including phenoxy) is 1. The standard InChI is InChI=1S/C11H19BrO2/c1-9(2)7-5-4-6-8-14-11(13)10(3)12/h10H,1,4-8H2,2-3H3. The Bertz CT molecular complexity index is 188. The number of carbonyl (C=O) groups is 1. The van der Waals surface area contributed by atoms with Gasteiger partial charge in [-0.25, -0.2) is 0 Å². The van der Waals surface area contributed by atoms with Crippen LogP contribution in [-0.4, -0.2) is 17.4 Å². The lowest BCUT2D eigenvalue weighted by atomic mass is 10.1. The van der Waals surface area contributed by atoms with Crippen molar-refractivity contribution in [1.82, 2.24) is 0 Å². The van der Waals surface area contributed by atoms with Crippen molar-refractivity contribution in [2.45, 2.75) is 44.4 Å². The van der Waals surface area contributed by atoms with Crippen molar-refractivity contribution in [3.05, 3.63) is 12.2 Å². The predicted octanol–water partition coefficient (Wildman–Crippen LogP) is 3.45. The van der Waals surface area contributed by atoms with E-state index in [1.807, 2.05) is 6.92 Å². The molecule has 1 atom stereocenters. The van der Waals surface area contributed by atoms with Crippen molar-refractivity contribution in [3.8, 4) is 0 Å². The molecule has 14 heavy (non-hydrogen) atoms. The van der Waals surface area contributed by atoms with E-state index in [9.17, 15) is 4.79 Å². The van der Waals surface area contributed by atoms with Crippen molar-refractivity contribution in [3.63, 3.8) is 0 Å². The highest BCUT2D eigenvalue weighted by Gasteiger charge is 2.08. The quantitative estimate of drug-likeness (QED) is 0.304. The summed E-state index contributed by atoms with van der Waals surface area (Å²) in [4.78, 5) is 10.8. The molecule has 0 fully saturated rings. The summed E-state index contributed by atoms with van der Waals surface area (Å²) in [6.45, 7) is 8.17. The molecule has 0 aromatic heterocycles. The molecule has 0 aliphatic rings. The van der Waals surface area contributed by atoms with Gasteiger partial charge in [-0.1, -0.05) is 21.5 Å². The maximum absolute atomic E-state index is 11.0. The molecule has 0 spiro atoms. The van der Waals surface area contributed by atoms with Gasteiger partial charge in [0.1, 0.15) is 4.83 Å². The fourth-order valence-electron chi connectivity index (χ4n) is 0.993. The molecule has 0 saturated heterocycles. The summed E-state index contributed by atoms with van der Waals surface area (Å²) in [5, 5.41) is 0. The van der Waals surface area contributed by atoms with Crippen LogP contribution < -0.4 is 0 Å². The molecule has 0 rings (SSSR count). The first-order valence-corrected chi connectivity index (χ1v) is 5.90. The van der Waals surface area contributed by atoms with Gasteiger partial charge in [0, 0.05) is 0 Å². The lowest BCUT2D eigenvalue weighted by Crippen LogP contribution is -2.14. The van der Waals surface area contributed by atoms with Gasteiger partial charge in [-0.15, -0.1) is 6.58 Å². The van der Waals surface area contributed by atoms with Crippen molar-refractivity contribution in [2.75, 3.05) is 6.61 Å². The van der Waals surface area contributed by atoms with Gasteiger partial charge in [0.2, 0.25) is 0 Å². The highest BCUT2D eigenvalue weighted by molar-refractivity contribution is 9.10. The van der Waals surface area contributed by atoms with Crippen LogP contribution in [0.1, 0.15) is 39.5 Å². The van der Waals surface area contributed by atoms with Crippen molar-refractivity contribution < 1.29 is 9.53 Å². The Morgan fingerprint density at radius 3 is 2.57 bits per heavy atom. The lowest BCUT2D eigenvalue weighted by Gasteiger charge is -2.05. The normalized spacial score (nSPS) is 12.2. The van der Waals surface area contributed by atoms with E-state index in [2.05, 4.69) is 22.5 Å². The second-order valence-electron chi connectivity index (χ2n) is 3.55. The Balaban J connectivity index is 3.22. The number of carbonyl (C=O) groups excluding carboxylic acids is 1. The fourth-order valence-corrected chi connectivity index (χ4v) is 1.13. The van der Waals surface area contributed by atoms with Gasteiger partial charge in [-0.2, -0.15) is 0 Å². The van der Waals surface area contributed by atoms with Gasteiger partial charge in [0.15, 0.2) is 0 Å². The van der Waals surface area contributed by atoms with E-state index >= 15 is 0 Å². The van der Waals surface area contributed by atoms with E-state index in [0.717, 1.165) is 25.7 Å². The minimum Gasteiger partial charge on any atom is -0.465 e. The Kier molecular flexibility index (Phi) is 7.86. The first-order valence-electron chi connectivity index (χ1n) is 4.99. The third-order valence-electron chi connectivity index (χ3n) is 1.82. The van der Waals surface area contributed by atoms with Gasteiger partial charge in [0.05, 0.1) is 6.61 Å². The van der Waals surface area contributed by atoms with Gasteiger partial charge in [0.25, 0.3) is 0 Å². The van der Waals surface area contributed by atoms with E-state index in [-0.39, 0.29) is 10.8 Å². The molecular formula is C11H19BrO2. The number of rotatable bonds is 7. The zero-order valence-electron chi connectivity index (χ0n) is 9.01. The number of halogens is 1. The molecule has 0 bridgehead atoms. The molecule has 0 aliphatic heterocycles. The van der Waals surface area contributed by atoms with Crippen molar-refractivity contribution >= 4 is 21.9 Å². The number of unbranched alkanes of at least 4 members (excludes halogenated alkanes) is 2. The van der Waals surface area contributed by atoms with Crippen LogP contribution in [0.5, 0.6) is 0 Å². The highest BCUT2D eigenvalue weighted by atomic mass is 79.9. The minimum absolute atomic E-state index is 0.176. The molecular weight excluding hydrogens is 244 g/mol. The van der Waals surface area contributed by atoms with Crippen LogP contribution >= 0.6 is 15.9 Å². The highest BCUT2D eigenvalue weighted by Crippen LogP contribution is 2.07. The van der Waals surface area contributed by atoms with Crippen LogP contribution in [0.25, 0.3) is 0 Å². The van der Waals surface area contributed by atoms with Crippen LogP contribution in [0.2, 0.25) is 0 Å². The molecule has 0 saturated carbocycles. The molecule has 0 heterocycles. The average molecular weight is 263 g/mol. The monoisotopic (exact) mass is 262 g/mol. The molecule has 0 radical (unpaired) electrons. The summed E-state index contributed by atoms with van der Waals surface area (Å²) in [6.07, 6.45) is 4.25. The van der Waals surface area contributed by atoms with Gasteiger partial charge >= 0.3 is 5.97 Å². The molecule has 0 amide bonds. The average Bonchev–Trinajstić information content (AvgIpc) is 2.09. The van der Waals surface area contributed by atoms with E-state index in [1.165, 1.54) is 5.57 Å². The summed E-state index contributed by atoms with van der Waals surface area (Å²) in [5.74, 6) is -0.176. The Hall–Kier alpha value is -0.310. The molecule has 0 aromatic carbocycles. The molecule has 2 nitrogen and oxygen atoms in total. The summed E-state index contributed by atoms with van der Waals surface area (Å²) >= 11 is 3.16. The summed E-state index contributed by atoms with van der Waals surface area (Å²) in [7, 11) is 0. The summed E-state index contributed by atoms with van der Waals surface area (Å²) < 4.78 is 5.00. The second-order valence-corrected chi connectivity index (χ2v) is 4.92. The lowest BCUT2D eigenvalue weighted by molar-refractivity contribution is -0.142. The van der Waals surface area contributed by atoms with Gasteiger partial charge < -0.3 is 4.74 Å². The third kappa shape index (κ3) is 8.30. The Labute approximate surface area is 94.8 Å². The van der Waals surface area contributed by atoms with Crippen LogP contribution in [0, 0.1) is 0 Å². The van der Waals surface area contributed by atoms with Gasteiger partial charge in [-0.05, 0) is 39.5 Å². The number of hydrogen-bond acceptors (Lipinski definition) is 2. The SMILES string of the molecule is C=C(C)CCCCCOC(=O)C(C)Br. The van der Waals surface area contributed by atoms with E-state index in [0.29, 0.717) is 6.61 Å². The molecule has 3 heteroatoms. The van der Waals surface area contributed by atoms with Crippen molar-refractivity contribution in [1.29, 1.82) is 0 Å².